The molecule has 0 saturated carbocycles. The molecule has 25 heavy (non-hydrogen) atoms. The number of amides is 1. The number of benzene rings is 1. The van der Waals surface area contributed by atoms with Crippen LogP contribution in [0.3, 0.4) is 0 Å². The van der Waals surface area contributed by atoms with Gasteiger partial charge in [-0.15, -0.1) is 0 Å². The largest absolute Gasteiger partial charge is 0.467 e. The Hall–Kier alpha value is -3.22. The minimum absolute atomic E-state index is 0.274. The molecule has 0 spiro atoms. The first-order chi connectivity index (χ1) is 12.2. The summed E-state index contributed by atoms with van der Waals surface area (Å²) < 4.78 is 18.1. The number of hydrogen-bond donors (Lipinski definition) is 2. The maximum absolute atomic E-state index is 12.9. The van der Waals surface area contributed by atoms with Crippen molar-refractivity contribution in [1.29, 1.82) is 0 Å². The molecule has 7 heteroatoms. The molecule has 0 aliphatic heterocycles. The van der Waals surface area contributed by atoms with Crippen LogP contribution in [-0.4, -0.2) is 22.4 Å². The summed E-state index contributed by atoms with van der Waals surface area (Å²) in [6.45, 7) is 0.902. The second-order valence-corrected chi connectivity index (χ2v) is 5.35. The summed E-state index contributed by atoms with van der Waals surface area (Å²) in [7, 11) is 0. The van der Waals surface area contributed by atoms with Crippen LogP contribution in [0.4, 0.5) is 10.2 Å². The molecule has 2 N–H and O–H groups in total. The highest BCUT2D eigenvalue weighted by Crippen LogP contribution is 2.08. The van der Waals surface area contributed by atoms with Crippen LogP contribution < -0.4 is 10.6 Å². The summed E-state index contributed by atoms with van der Waals surface area (Å²) in [5, 5.41) is 5.86. The van der Waals surface area contributed by atoms with Gasteiger partial charge in [0.2, 0.25) is 0 Å². The standard InChI is InChI=1S/C18H17FN4O2/c19-14-5-3-13(4-6-14)7-8-20-18(24)16-10-17(23-12-22-16)21-11-15-2-1-9-25-15/h1-6,9-10,12H,7-8,11H2,(H,20,24)(H,21,22,23). The average molecular weight is 340 g/mol. The molecule has 2 heterocycles. The van der Waals surface area contributed by atoms with Gasteiger partial charge in [-0.1, -0.05) is 12.1 Å². The van der Waals surface area contributed by atoms with E-state index in [0.717, 1.165) is 11.3 Å². The van der Waals surface area contributed by atoms with Crippen LogP contribution >= 0.6 is 0 Å². The Balaban J connectivity index is 1.51. The zero-order chi connectivity index (χ0) is 17.5. The van der Waals surface area contributed by atoms with E-state index < -0.39 is 0 Å². The molecule has 1 aromatic carbocycles. The zero-order valence-electron chi connectivity index (χ0n) is 13.4. The minimum atomic E-state index is -0.287. The van der Waals surface area contributed by atoms with E-state index in [9.17, 15) is 9.18 Å². The smallest absolute Gasteiger partial charge is 0.270 e. The van der Waals surface area contributed by atoms with Crippen molar-refractivity contribution in [1.82, 2.24) is 15.3 Å². The molecule has 0 aliphatic carbocycles. The number of halogens is 1. The first kappa shape index (κ1) is 16.6. The number of aromatic nitrogens is 2. The highest BCUT2D eigenvalue weighted by Gasteiger charge is 2.08. The Morgan fingerprint density at radius 2 is 2.00 bits per heavy atom. The van der Waals surface area contributed by atoms with Crippen LogP contribution in [0.1, 0.15) is 21.8 Å². The van der Waals surface area contributed by atoms with Crippen LogP contribution in [0.5, 0.6) is 0 Å². The first-order valence-corrected chi connectivity index (χ1v) is 7.81. The van der Waals surface area contributed by atoms with E-state index in [-0.39, 0.29) is 17.4 Å². The summed E-state index contributed by atoms with van der Waals surface area (Å²) in [5.74, 6) is 0.743. The fraction of sp³-hybridized carbons (Fsp3) is 0.167. The average Bonchev–Trinajstić information content (AvgIpc) is 3.15. The number of anilines is 1. The fourth-order valence-corrected chi connectivity index (χ4v) is 2.23. The molecule has 1 amide bonds. The van der Waals surface area contributed by atoms with Crippen LogP contribution in [0.25, 0.3) is 0 Å². The molecule has 0 atom stereocenters. The molecular formula is C18H17FN4O2. The van der Waals surface area contributed by atoms with Crippen LogP contribution in [0.2, 0.25) is 0 Å². The van der Waals surface area contributed by atoms with Crippen LogP contribution in [0.15, 0.2) is 59.5 Å². The van der Waals surface area contributed by atoms with Crippen molar-refractivity contribution in [3.63, 3.8) is 0 Å². The third-order valence-corrected chi connectivity index (χ3v) is 3.54. The van der Waals surface area contributed by atoms with Gasteiger partial charge in [0.25, 0.3) is 5.91 Å². The van der Waals surface area contributed by atoms with Gasteiger partial charge in [-0.25, -0.2) is 14.4 Å². The molecule has 0 bridgehead atoms. The quantitative estimate of drug-likeness (QED) is 0.691. The number of carbonyl (C=O) groups is 1. The Morgan fingerprint density at radius 1 is 1.16 bits per heavy atom. The molecule has 0 saturated heterocycles. The normalized spacial score (nSPS) is 10.4. The lowest BCUT2D eigenvalue weighted by molar-refractivity contribution is 0.0949. The number of carbonyl (C=O) groups excluding carboxylic acids is 1. The number of rotatable bonds is 7. The summed E-state index contributed by atoms with van der Waals surface area (Å²) in [5.41, 5.74) is 1.22. The molecule has 2 aromatic heterocycles. The Bertz CT molecular complexity index is 819. The van der Waals surface area contributed by atoms with Crippen molar-refractivity contribution in [2.75, 3.05) is 11.9 Å². The maximum atomic E-state index is 12.9. The van der Waals surface area contributed by atoms with E-state index in [1.807, 2.05) is 6.07 Å². The van der Waals surface area contributed by atoms with Gasteiger partial charge >= 0.3 is 0 Å². The predicted octanol–water partition coefficient (Wildman–Crippen LogP) is 2.79. The molecule has 3 rings (SSSR count). The third kappa shape index (κ3) is 4.87. The summed E-state index contributed by atoms with van der Waals surface area (Å²) in [6, 6.07) is 11.4. The van der Waals surface area contributed by atoms with Gasteiger partial charge in [-0.3, -0.25) is 4.79 Å². The topological polar surface area (TPSA) is 80.0 Å². The van der Waals surface area contributed by atoms with Gasteiger partial charge < -0.3 is 15.1 Å². The van der Waals surface area contributed by atoms with E-state index in [4.69, 9.17) is 4.42 Å². The lowest BCUT2D eigenvalue weighted by atomic mass is 10.1. The number of furan rings is 1. The molecule has 3 aromatic rings. The molecular weight excluding hydrogens is 323 g/mol. The van der Waals surface area contributed by atoms with E-state index in [1.54, 1.807) is 30.5 Å². The van der Waals surface area contributed by atoms with Crippen LogP contribution in [-0.2, 0) is 13.0 Å². The van der Waals surface area contributed by atoms with E-state index >= 15 is 0 Å². The van der Waals surface area contributed by atoms with Crippen molar-refractivity contribution in [3.05, 3.63) is 77.9 Å². The minimum Gasteiger partial charge on any atom is -0.467 e. The van der Waals surface area contributed by atoms with E-state index in [1.165, 1.54) is 18.5 Å². The molecule has 128 valence electrons. The number of nitrogens with zero attached hydrogens (tertiary/aromatic N) is 2. The van der Waals surface area contributed by atoms with Crippen molar-refractivity contribution < 1.29 is 13.6 Å². The van der Waals surface area contributed by atoms with Gasteiger partial charge in [0.1, 0.15) is 29.4 Å². The van der Waals surface area contributed by atoms with Gasteiger partial charge in [-0.2, -0.15) is 0 Å². The van der Waals surface area contributed by atoms with E-state index in [2.05, 4.69) is 20.6 Å². The predicted molar refractivity (Wildman–Crippen MR) is 90.5 cm³/mol. The zero-order valence-corrected chi connectivity index (χ0v) is 13.4. The van der Waals surface area contributed by atoms with Gasteiger partial charge in [-0.05, 0) is 36.2 Å². The highest BCUT2D eigenvalue weighted by atomic mass is 19.1. The van der Waals surface area contributed by atoms with Crippen molar-refractivity contribution >= 4 is 11.7 Å². The highest BCUT2D eigenvalue weighted by molar-refractivity contribution is 5.92. The molecule has 0 radical (unpaired) electrons. The SMILES string of the molecule is O=C(NCCc1ccc(F)cc1)c1cc(NCc2ccco2)ncn1. The van der Waals surface area contributed by atoms with Crippen molar-refractivity contribution in [2.45, 2.75) is 13.0 Å². The Labute approximate surface area is 144 Å². The monoisotopic (exact) mass is 340 g/mol. The lowest BCUT2D eigenvalue weighted by Crippen LogP contribution is -2.26. The summed E-state index contributed by atoms with van der Waals surface area (Å²) in [4.78, 5) is 20.2. The second-order valence-electron chi connectivity index (χ2n) is 5.35. The summed E-state index contributed by atoms with van der Waals surface area (Å²) in [6.07, 6.45) is 3.54. The first-order valence-electron chi connectivity index (χ1n) is 7.81. The Kier molecular flexibility index (Phi) is 5.36. The van der Waals surface area contributed by atoms with E-state index in [0.29, 0.717) is 25.3 Å². The molecule has 0 aliphatic rings. The van der Waals surface area contributed by atoms with Crippen molar-refractivity contribution in [3.8, 4) is 0 Å². The Morgan fingerprint density at radius 3 is 2.76 bits per heavy atom. The lowest BCUT2D eigenvalue weighted by Gasteiger charge is -2.07. The van der Waals surface area contributed by atoms with Crippen molar-refractivity contribution in [2.24, 2.45) is 0 Å². The third-order valence-electron chi connectivity index (χ3n) is 3.54. The second kappa shape index (κ2) is 8.05. The number of nitrogens with one attached hydrogen (secondary N) is 2. The van der Waals surface area contributed by atoms with Crippen LogP contribution in [0, 0.1) is 5.82 Å². The summed E-state index contributed by atoms with van der Waals surface area (Å²) >= 11 is 0. The molecule has 0 unspecified atom stereocenters. The maximum Gasteiger partial charge on any atom is 0.270 e. The fourth-order valence-electron chi connectivity index (χ4n) is 2.23. The van der Waals surface area contributed by atoms with Gasteiger partial charge in [0, 0.05) is 12.6 Å². The van der Waals surface area contributed by atoms with Gasteiger partial charge in [0.15, 0.2) is 0 Å². The molecule has 6 nitrogen and oxygen atoms in total. The molecule has 0 fully saturated rings. The number of hydrogen-bond acceptors (Lipinski definition) is 5. The van der Waals surface area contributed by atoms with Gasteiger partial charge in [0.05, 0.1) is 12.8 Å².